The first-order chi connectivity index (χ1) is 22.4. The molecule has 5 rings (SSSR count). The minimum absolute atomic E-state index is 0.215. The lowest BCUT2D eigenvalue weighted by Crippen LogP contribution is -2.27. The number of anilines is 1. The maximum absolute atomic E-state index is 12.3. The molecule has 0 saturated carbocycles. The van der Waals surface area contributed by atoms with Crippen molar-refractivity contribution in [1.82, 2.24) is 9.55 Å². The third kappa shape index (κ3) is 8.61. The van der Waals surface area contributed by atoms with Gasteiger partial charge >= 0.3 is 12.1 Å². The smallest absolute Gasteiger partial charge is 0.412 e. The Labute approximate surface area is 283 Å². The Bertz CT molecular complexity index is 1960. The van der Waals surface area contributed by atoms with Crippen molar-refractivity contribution in [2.45, 2.75) is 32.9 Å². The number of amides is 1. The quantitative estimate of drug-likeness (QED) is 0.162. The number of aromatic carboxylic acids is 1. The van der Waals surface area contributed by atoms with Crippen LogP contribution >= 0.6 is 23.2 Å². The number of carbonyl (C=O) groups excluding carboxylic acids is 1. The van der Waals surface area contributed by atoms with Crippen LogP contribution in [0.3, 0.4) is 0 Å². The topological polar surface area (TPSA) is 103 Å². The van der Waals surface area contributed by atoms with Crippen molar-refractivity contribution in [3.63, 3.8) is 0 Å². The minimum Gasteiger partial charge on any atom is -0.495 e. The van der Waals surface area contributed by atoms with Crippen molar-refractivity contribution in [2.75, 3.05) is 12.4 Å². The van der Waals surface area contributed by atoms with Crippen LogP contribution < -0.4 is 10.1 Å². The van der Waals surface area contributed by atoms with Crippen LogP contribution in [0.2, 0.25) is 10.0 Å². The lowest BCUT2D eigenvalue weighted by atomic mass is 10.0. The zero-order valence-corrected chi connectivity index (χ0v) is 27.8. The summed E-state index contributed by atoms with van der Waals surface area (Å²) >= 11 is 12.6. The van der Waals surface area contributed by atoms with Gasteiger partial charge in [0.2, 0.25) is 0 Å². The van der Waals surface area contributed by atoms with E-state index >= 15 is 0 Å². The Morgan fingerprint density at radius 1 is 0.936 bits per heavy atom. The summed E-state index contributed by atoms with van der Waals surface area (Å²) < 4.78 is 12.8. The van der Waals surface area contributed by atoms with Gasteiger partial charge in [-0.05, 0) is 91.6 Å². The van der Waals surface area contributed by atoms with Gasteiger partial charge in [0.15, 0.2) is 0 Å². The molecule has 10 heteroatoms. The maximum atomic E-state index is 12.3. The summed E-state index contributed by atoms with van der Waals surface area (Å²) in [7, 11) is 1.55. The molecule has 0 aliphatic heterocycles. The first kappa shape index (κ1) is 33.3. The number of methoxy groups -OCH3 is 1. The van der Waals surface area contributed by atoms with Gasteiger partial charge in [0.1, 0.15) is 17.2 Å². The van der Waals surface area contributed by atoms with E-state index in [0.29, 0.717) is 39.5 Å². The first-order valence-electron chi connectivity index (χ1n) is 14.7. The van der Waals surface area contributed by atoms with Gasteiger partial charge in [-0.3, -0.25) is 5.32 Å². The predicted octanol–water partition coefficient (Wildman–Crippen LogP) is 9.80. The minimum atomic E-state index is -0.985. The lowest BCUT2D eigenvalue weighted by molar-refractivity contribution is 0.0633. The number of carboxylic acids is 1. The van der Waals surface area contributed by atoms with Gasteiger partial charge in [0.25, 0.3) is 0 Å². The largest absolute Gasteiger partial charge is 0.495 e. The van der Waals surface area contributed by atoms with E-state index in [-0.39, 0.29) is 5.56 Å². The number of halogens is 2. The third-order valence-corrected chi connectivity index (χ3v) is 7.60. The summed E-state index contributed by atoms with van der Waals surface area (Å²) in [6.45, 7) is 5.81. The van der Waals surface area contributed by atoms with E-state index in [4.69, 9.17) is 37.7 Å². The molecule has 0 atom stereocenters. The van der Waals surface area contributed by atoms with Crippen LogP contribution in [-0.4, -0.2) is 39.4 Å². The fraction of sp³-hybridized carbons (Fsp3) is 0.162. The molecule has 1 aromatic heterocycles. The van der Waals surface area contributed by atoms with Crippen LogP contribution in [-0.2, 0) is 11.3 Å². The molecule has 0 aliphatic carbocycles. The standard InChI is InChI=1S/C37H33Cl2N3O5/c1-37(2,3)47-36(45)41-31-16-13-26(19-33(31)46-4)25-11-8-23(9-12-25)10-17-34-40-32(29-15-14-28(38)20-30(29)39)22-42(34)21-24-6-5-7-27(18-24)35(43)44/h5-20,22H,21H2,1-4H3,(H,41,45)(H,43,44). The van der Waals surface area contributed by atoms with Crippen molar-refractivity contribution in [2.24, 2.45) is 0 Å². The Kier molecular flexibility index (Phi) is 10.0. The van der Waals surface area contributed by atoms with Crippen molar-refractivity contribution in [3.8, 4) is 28.1 Å². The molecular formula is C37H33Cl2N3O5. The fourth-order valence-electron chi connectivity index (χ4n) is 4.86. The maximum Gasteiger partial charge on any atom is 0.412 e. The molecule has 0 unspecified atom stereocenters. The first-order valence-corrected chi connectivity index (χ1v) is 15.5. The van der Waals surface area contributed by atoms with Crippen molar-refractivity contribution >= 4 is 53.1 Å². The Morgan fingerprint density at radius 2 is 1.68 bits per heavy atom. The van der Waals surface area contributed by atoms with Crippen LogP contribution in [0.1, 0.15) is 48.1 Å². The molecule has 1 heterocycles. The second-order valence-corrected chi connectivity index (χ2v) is 12.6. The number of benzene rings is 4. The second-order valence-electron chi connectivity index (χ2n) is 11.7. The number of carbonyl (C=O) groups is 2. The van der Waals surface area contributed by atoms with Crippen LogP contribution in [0.25, 0.3) is 34.5 Å². The molecule has 1 amide bonds. The summed E-state index contributed by atoms with van der Waals surface area (Å²) in [4.78, 5) is 28.7. The number of hydrogen-bond acceptors (Lipinski definition) is 5. The zero-order chi connectivity index (χ0) is 33.7. The molecule has 2 N–H and O–H groups in total. The number of carboxylic acid groups (broad SMARTS) is 1. The number of imidazole rings is 1. The van der Waals surface area contributed by atoms with Crippen molar-refractivity contribution in [1.29, 1.82) is 0 Å². The highest BCUT2D eigenvalue weighted by atomic mass is 35.5. The average Bonchev–Trinajstić information content (AvgIpc) is 3.41. The molecule has 0 bridgehead atoms. The van der Waals surface area contributed by atoms with Gasteiger partial charge in [0, 0.05) is 23.3 Å². The van der Waals surface area contributed by atoms with E-state index in [1.807, 2.05) is 71.4 Å². The van der Waals surface area contributed by atoms with E-state index in [2.05, 4.69) is 5.32 Å². The summed E-state index contributed by atoms with van der Waals surface area (Å²) in [6.07, 6.45) is 5.19. The number of nitrogens with zero attached hydrogens (tertiary/aromatic N) is 2. The van der Waals surface area contributed by atoms with Gasteiger partial charge < -0.3 is 19.1 Å². The highest BCUT2D eigenvalue weighted by molar-refractivity contribution is 6.36. The molecule has 0 spiro atoms. The molecule has 0 fully saturated rings. The summed E-state index contributed by atoms with van der Waals surface area (Å²) in [5, 5.41) is 13.2. The summed E-state index contributed by atoms with van der Waals surface area (Å²) in [5.41, 5.74) is 5.13. The molecule has 0 aliphatic rings. The van der Waals surface area contributed by atoms with E-state index in [1.54, 1.807) is 64.3 Å². The molecule has 47 heavy (non-hydrogen) atoms. The van der Waals surface area contributed by atoms with Crippen LogP contribution in [0.4, 0.5) is 10.5 Å². The highest BCUT2D eigenvalue weighted by Gasteiger charge is 2.18. The van der Waals surface area contributed by atoms with Crippen LogP contribution in [0, 0.1) is 0 Å². The number of nitrogens with one attached hydrogen (secondary N) is 1. The van der Waals surface area contributed by atoms with Crippen LogP contribution in [0.15, 0.2) is 91.1 Å². The third-order valence-electron chi connectivity index (χ3n) is 7.05. The van der Waals surface area contributed by atoms with Crippen LogP contribution in [0.5, 0.6) is 5.75 Å². The predicted molar refractivity (Wildman–Crippen MR) is 187 cm³/mol. The fourth-order valence-corrected chi connectivity index (χ4v) is 5.37. The number of hydrogen-bond donors (Lipinski definition) is 2. The Morgan fingerprint density at radius 3 is 2.36 bits per heavy atom. The monoisotopic (exact) mass is 669 g/mol. The van der Waals surface area contributed by atoms with Gasteiger partial charge in [-0.2, -0.15) is 0 Å². The van der Waals surface area contributed by atoms with Crippen molar-refractivity contribution < 1.29 is 24.2 Å². The van der Waals surface area contributed by atoms with Gasteiger partial charge in [-0.15, -0.1) is 0 Å². The van der Waals surface area contributed by atoms with Gasteiger partial charge in [0.05, 0.1) is 29.1 Å². The Balaban J connectivity index is 1.39. The molecule has 240 valence electrons. The molecule has 4 aromatic carbocycles. The number of rotatable bonds is 9. The normalized spacial score (nSPS) is 11.4. The highest BCUT2D eigenvalue weighted by Crippen LogP contribution is 2.33. The zero-order valence-electron chi connectivity index (χ0n) is 26.3. The number of aromatic nitrogens is 2. The lowest BCUT2D eigenvalue weighted by Gasteiger charge is -2.20. The van der Waals surface area contributed by atoms with Gasteiger partial charge in [-0.1, -0.05) is 71.7 Å². The van der Waals surface area contributed by atoms with Gasteiger partial charge in [-0.25, -0.2) is 14.6 Å². The van der Waals surface area contributed by atoms with E-state index in [9.17, 15) is 14.7 Å². The SMILES string of the molecule is COc1cc(-c2ccc(C=Cc3nc(-c4ccc(Cl)cc4Cl)cn3Cc3cccc(C(=O)O)c3)cc2)ccc1NC(=O)OC(C)(C)C. The molecule has 8 nitrogen and oxygen atoms in total. The second kappa shape index (κ2) is 14.2. The van der Waals surface area contributed by atoms with E-state index in [1.165, 1.54) is 0 Å². The molecule has 0 saturated heterocycles. The number of ether oxygens (including phenoxy) is 2. The Hall–Kier alpha value is -5.05. The summed E-state index contributed by atoms with van der Waals surface area (Å²) in [6, 6.07) is 25.6. The summed E-state index contributed by atoms with van der Waals surface area (Å²) in [5.74, 6) is 0.185. The molecule has 5 aromatic rings. The average molecular weight is 671 g/mol. The van der Waals surface area contributed by atoms with E-state index in [0.717, 1.165) is 27.8 Å². The molecule has 0 radical (unpaired) electrons. The van der Waals surface area contributed by atoms with Crippen molar-refractivity contribution in [3.05, 3.63) is 124 Å². The van der Waals surface area contributed by atoms with E-state index < -0.39 is 17.7 Å². The molecular weight excluding hydrogens is 637 g/mol.